The van der Waals surface area contributed by atoms with Crippen LogP contribution in [0.3, 0.4) is 0 Å². The Hall–Kier alpha value is -2.25. The minimum Gasteiger partial charge on any atom is -0.504 e. The highest BCUT2D eigenvalue weighted by molar-refractivity contribution is 7.89. The summed E-state index contributed by atoms with van der Waals surface area (Å²) in [4.78, 5) is 0.0704. The molecule has 0 saturated carbocycles. The first kappa shape index (κ1) is 15.1. The fourth-order valence-electron chi connectivity index (χ4n) is 1.99. The Morgan fingerprint density at radius 1 is 1.14 bits per heavy atom. The number of anilines is 1. The van der Waals surface area contributed by atoms with Crippen molar-refractivity contribution in [1.29, 1.82) is 0 Å². The second kappa shape index (κ2) is 5.63. The number of hydrogen-bond acceptors (Lipinski definition) is 5. The number of benzene rings is 2. The molecule has 2 rings (SSSR count). The van der Waals surface area contributed by atoms with Gasteiger partial charge in [-0.05, 0) is 42.3 Å². The Kier molecular flexibility index (Phi) is 4.06. The van der Waals surface area contributed by atoms with Crippen molar-refractivity contribution in [2.24, 2.45) is 5.14 Å². The second-order valence-electron chi connectivity index (χ2n) is 4.65. The maximum absolute atomic E-state index is 11.5. The fourth-order valence-corrected chi connectivity index (χ4v) is 2.80. The molecule has 0 bridgehead atoms. The molecule has 2 aromatic carbocycles. The molecule has 21 heavy (non-hydrogen) atoms. The van der Waals surface area contributed by atoms with Crippen LogP contribution < -0.4 is 10.5 Å². The average Bonchev–Trinajstić information content (AvgIpc) is 2.40. The molecular formula is C14H16N2O4S. The van der Waals surface area contributed by atoms with E-state index in [2.05, 4.69) is 5.32 Å². The summed E-state index contributed by atoms with van der Waals surface area (Å²) in [5, 5.41) is 26.9. The summed E-state index contributed by atoms with van der Waals surface area (Å²) in [6.07, 6.45) is 0. The first-order chi connectivity index (χ1) is 9.79. The Bertz CT molecular complexity index is 773. The Balaban J connectivity index is 2.23. The van der Waals surface area contributed by atoms with Crippen LogP contribution >= 0.6 is 0 Å². The van der Waals surface area contributed by atoms with Crippen LogP contribution in [0.25, 0.3) is 0 Å². The highest BCUT2D eigenvalue weighted by Gasteiger charge is 2.13. The van der Waals surface area contributed by atoms with Crippen molar-refractivity contribution < 1.29 is 18.6 Å². The van der Waals surface area contributed by atoms with Crippen molar-refractivity contribution in [3.05, 3.63) is 47.5 Å². The van der Waals surface area contributed by atoms with Crippen LogP contribution in [-0.2, 0) is 16.6 Å². The number of phenolic OH excluding ortho intramolecular Hbond substituents is 2. The van der Waals surface area contributed by atoms with E-state index in [-0.39, 0.29) is 16.4 Å². The van der Waals surface area contributed by atoms with Gasteiger partial charge in [0.15, 0.2) is 11.5 Å². The van der Waals surface area contributed by atoms with Gasteiger partial charge < -0.3 is 15.5 Å². The van der Waals surface area contributed by atoms with Crippen molar-refractivity contribution in [1.82, 2.24) is 0 Å². The van der Waals surface area contributed by atoms with Crippen LogP contribution in [0, 0.1) is 6.92 Å². The molecule has 0 fully saturated rings. The zero-order chi connectivity index (χ0) is 15.6. The van der Waals surface area contributed by atoms with Crippen LogP contribution in [0.5, 0.6) is 11.5 Å². The van der Waals surface area contributed by atoms with Crippen molar-refractivity contribution >= 4 is 15.7 Å². The fraction of sp³-hybridized carbons (Fsp3) is 0.143. The van der Waals surface area contributed by atoms with Gasteiger partial charge in [-0.15, -0.1) is 0 Å². The minimum absolute atomic E-state index is 0.0704. The van der Waals surface area contributed by atoms with E-state index in [9.17, 15) is 18.6 Å². The molecule has 0 saturated heterocycles. The van der Waals surface area contributed by atoms with Gasteiger partial charge in [0.1, 0.15) is 0 Å². The van der Waals surface area contributed by atoms with Crippen LogP contribution in [0.1, 0.15) is 11.1 Å². The number of phenols is 2. The molecule has 0 unspecified atom stereocenters. The summed E-state index contributed by atoms with van der Waals surface area (Å²) in [7, 11) is -3.76. The molecule has 0 amide bonds. The molecule has 6 nitrogen and oxygen atoms in total. The van der Waals surface area contributed by atoms with Crippen LogP contribution in [0.15, 0.2) is 41.3 Å². The van der Waals surface area contributed by atoms with Gasteiger partial charge in [-0.3, -0.25) is 0 Å². The molecule has 0 heterocycles. The standard InChI is InChI=1S/C14H16N2O4S/c1-9-11(3-2-4-14(9)21(15,19)20)16-8-10-5-6-12(17)13(18)7-10/h2-7,16-18H,8H2,1H3,(H2,15,19,20). The number of primary sulfonamides is 1. The van der Waals surface area contributed by atoms with Crippen molar-refractivity contribution in [2.75, 3.05) is 5.32 Å². The number of rotatable bonds is 4. The van der Waals surface area contributed by atoms with E-state index < -0.39 is 10.0 Å². The quantitative estimate of drug-likeness (QED) is 0.642. The van der Waals surface area contributed by atoms with E-state index in [0.29, 0.717) is 17.8 Å². The Morgan fingerprint density at radius 2 is 1.86 bits per heavy atom. The monoisotopic (exact) mass is 308 g/mol. The molecule has 0 spiro atoms. The lowest BCUT2D eigenvalue weighted by Crippen LogP contribution is -2.14. The molecule has 5 N–H and O–H groups in total. The predicted octanol–water partition coefficient (Wildman–Crippen LogP) is 1.67. The minimum atomic E-state index is -3.76. The molecule has 2 aromatic rings. The number of hydrogen-bond donors (Lipinski definition) is 4. The third kappa shape index (κ3) is 3.45. The second-order valence-corrected chi connectivity index (χ2v) is 6.18. The number of sulfonamides is 1. The van der Waals surface area contributed by atoms with Gasteiger partial charge in [0, 0.05) is 12.2 Å². The Labute approximate surface area is 122 Å². The van der Waals surface area contributed by atoms with Gasteiger partial charge >= 0.3 is 0 Å². The van der Waals surface area contributed by atoms with Gasteiger partial charge in [-0.1, -0.05) is 12.1 Å². The first-order valence-electron chi connectivity index (χ1n) is 6.16. The summed E-state index contributed by atoms with van der Waals surface area (Å²) in [5.74, 6) is -0.393. The maximum atomic E-state index is 11.5. The molecule has 0 atom stereocenters. The highest BCUT2D eigenvalue weighted by Crippen LogP contribution is 2.26. The SMILES string of the molecule is Cc1c(NCc2ccc(O)c(O)c2)cccc1S(N)(=O)=O. The van der Waals surface area contributed by atoms with Crippen molar-refractivity contribution in [3.63, 3.8) is 0 Å². The summed E-state index contributed by atoms with van der Waals surface area (Å²) < 4.78 is 22.9. The van der Waals surface area contributed by atoms with Gasteiger partial charge in [0.2, 0.25) is 10.0 Å². The summed E-state index contributed by atoms with van der Waals surface area (Å²) in [5.41, 5.74) is 1.91. The van der Waals surface area contributed by atoms with Crippen LogP contribution in [0.4, 0.5) is 5.69 Å². The van der Waals surface area contributed by atoms with Gasteiger partial charge in [-0.25, -0.2) is 13.6 Å². The van der Waals surface area contributed by atoms with Gasteiger partial charge in [0.05, 0.1) is 4.90 Å². The van der Waals surface area contributed by atoms with Crippen LogP contribution in [-0.4, -0.2) is 18.6 Å². The smallest absolute Gasteiger partial charge is 0.238 e. The molecule has 0 aliphatic rings. The molecule has 0 radical (unpaired) electrons. The molecule has 0 aromatic heterocycles. The third-order valence-corrected chi connectivity index (χ3v) is 4.17. The van der Waals surface area contributed by atoms with Crippen LogP contribution in [0.2, 0.25) is 0 Å². The number of nitrogens with two attached hydrogens (primary N) is 1. The zero-order valence-corrected chi connectivity index (χ0v) is 12.2. The maximum Gasteiger partial charge on any atom is 0.238 e. The Morgan fingerprint density at radius 3 is 2.48 bits per heavy atom. The summed E-state index contributed by atoms with van der Waals surface area (Å²) in [6.45, 7) is 2.03. The van der Waals surface area contributed by atoms with Gasteiger partial charge in [0.25, 0.3) is 0 Å². The lowest BCUT2D eigenvalue weighted by Gasteiger charge is -2.12. The van der Waals surface area contributed by atoms with E-state index in [0.717, 1.165) is 5.56 Å². The van der Waals surface area contributed by atoms with E-state index in [4.69, 9.17) is 5.14 Å². The molecular weight excluding hydrogens is 292 g/mol. The summed E-state index contributed by atoms with van der Waals surface area (Å²) >= 11 is 0. The predicted molar refractivity (Wildman–Crippen MR) is 79.7 cm³/mol. The van der Waals surface area contributed by atoms with E-state index >= 15 is 0 Å². The summed E-state index contributed by atoms with van der Waals surface area (Å²) in [6, 6.07) is 9.26. The van der Waals surface area contributed by atoms with Gasteiger partial charge in [-0.2, -0.15) is 0 Å². The number of nitrogens with one attached hydrogen (secondary N) is 1. The first-order valence-corrected chi connectivity index (χ1v) is 7.71. The molecule has 0 aliphatic heterocycles. The topological polar surface area (TPSA) is 113 Å². The largest absolute Gasteiger partial charge is 0.504 e. The number of aromatic hydroxyl groups is 2. The molecule has 112 valence electrons. The zero-order valence-electron chi connectivity index (χ0n) is 11.4. The van der Waals surface area contributed by atoms with E-state index in [1.165, 1.54) is 18.2 Å². The normalized spacial score (nSPS) is 11.3. The van der Waals surface area contributed by atoms with Crippen molar-refractivity contribution in [3.8, 4) is 11.5 Å². The van der Waals surface area contributed by atoms with E-state index in [1.54, 1.807) is 25.1 Å². The van der Waals surface area contributed by atoms with E-state index in [1.807, 2.05) is 0 Å². The third-order valence-electron chi connectivity index (χ3n) is 3.11. The average molecular weight is 308 g/mol. The highest BCUT2D eigenvalue weighted by atomic mass is 32.2. The van der Waals surface area contributed by atoms with Crippen molar-refractivity contribution in [2.45, 2.75) is 18.4 Å². The lowest BCUT2D eigenvalue weighted by molar-refractivity contribution is 0.403. The lowest BCUT2D eigenvalue weighted by atomic mass is 10.1. The molecule has 0 aliphatic carbocycles. The molecule has 7 heteroatoms.